The SMILES string of the molecule is Clc1ccccc1[P+](c1ccccc1)(c1ccccc1)c1ccccc1.[Cl-]. The fourth-order valence-corrected chi connectivity index (χ4v) is 8.35. The van der Waals surface area contributed by atoms with Crippen molar-refractivity contribution in [2.45, 2.75) is 0 Å². The Morgan fingerprint density at radius 1 is 0.444 bits per heavy atom. The van der Waals surface area contributed by atoms with E-state index >= 15 is 0 Å². The van der Waals surface area contributed by atoms with E-state index in [1.165, 1.54) is 21.2 Å². The van der Waals surface area contributed by atoms with Crippen LogP contribution in [0.1, 0.15) is 0 Å². The highest BCUT2D eigenvalue weighted by atomic mass is 35.5. The van der Waals surface area contributed by atoms with Crippen LogP contribution in [-0.2, 0) is 0 Å². The molecule has 3 heteroatoms. The maximum absolute atomic E-state index is 6.79. The lowest BCUT2D eigenvalue weighted by molar-refractivity contribution is -0.00000483. The molecular formula is C24H19Cl2P. The van der Waals surface area contributed by atoms with Crippen molar-refractivity contribution < 1.29 is 12.4 Å². The van der Waals surface area contributed by atoms with Crippen molar-refractivity contribution in [1.82, 2.24) is 0 Å². The molecule has 0 fully saturated rings. The highest BCUT2D eigenvalue weighted by molar-refractivity contribution is 8.01. The van der Waals surface area contributed by atoms with Gasteiger partial charge in [-0.05, 0) is 48.5 Å². The second kappa shape index (κ2) is 8.72. The summed E-state index contributed by atoms with van der Waals surface area (Å²) in [7, 11) is -2.08. The molecule has 0 saturated heterocycles. The van der Waals surface area contributed by atoms with Gasteiger partial charge in [0.05, 0.1) is 5.02 Å². The molecule has 0 heterocycles. The maximum Gasteiger partial charge on any atom is 0.145 e. The van der Waals surface area contributed by atoms with Gasteiger partial charge >= 0.3 is 0 Å². The molecule has 0 nitrogen and oxygen atoms in total. The van der Waals surface area contributed by atoms with Crippen LogP contribution in [-0.4, -0.2) is 0 Å². The van der Waals surface area contributed by atoms with Crippen molar-refractivity contribution in [2.75, 3.05) is 0 Å². The first-order valence-electron chi connectivity index (χ1n) is 8.64. The third-order valence-electron chi connectivity index (χ3n) is 4.64. The number of rotatable bonds is 4. The summed E-state index contributed by atoms with van der Waals surface area (Å²) >= 11 is 6.79. The third-order valence-corrected chi connectivity index (χ3v) is 9.44. The van der Waals surface area contributed by atoms with Crippen molar-refractivity contribution in [2.24, 2.45) is 0 Å². The molecule has 0 aliphatic carbocycles. The van der Waals surface area contributed by atoms with Crippen molar-refractivity contribution >= 4 is 40.1 Å². The second-order valence-corrected chi connectivity index (χ2v) is 9.91. The van der Waals surface area contributed by atoms with Crippen LogP contribution in [0.15, 0.2) is 115 Å². The summed E-state index contributed by atoms with van der Waals surface area (Å²) in [6, 6.07) is 40.6. The second-order valence-electron chi connectivity index (χ2n) is 6.13. The molecule has 0 saturated carbocycles. The molecule has 0 bridgehead atoms. The summed E-state index contributed by atoms with van der Waals surface area (Å²) in [5, 5.41) is 5.95. The average molecular weight is 409 g/mol. The molecule has 0 unspecified atom stereocenters. The van der Waals surface area contributed by atoms with Crippen LogP contribution in [0, 0.1) is 0 Å². The van der Waals surface area contributed by atoms with E-state index in [1.807, 2.05) is 12.1 Å². The van der Waals surface area contributed by atoms with Gasteiger partial charge in [-0.15, -0.1) is 0 Å². The van der Waals surface area contributed by atoms with Crippen molar-refractivity contribution in [3.63, 3.8) is 0 Å². The molecule has 0 N–H and O–H groups in total. The number of halogens is 2. The van der Waals surface area contributed by atoms with E-state index in [1.54, 1.807) is 0 Å². The molecule has 4 aromatic rings. The Morgan fingerprint density at radius 2 is 0.778 bits per heavy atom. The van der Waals surface area contributed by atoms with Crippen LogP contribution < -0.4 is 33.6 Å². The van der Waals surface area contributed by atoms with Crippen molar-refractivity contribution in [3.05, 3.63) is 120 Å². The predicted octanol–water partition coefficient (Wildman–Crippen LogP) is 1.96. The molecule has 4 rings (SSSR count). The zero-order valence-corrected chi connectivity index (χ0v) is 17.1. The van der Waals surface area contributed by atoms with Gasteiger partial charge < -0.3 is 12.4 Å². The standard InChI is InChI=1S/C24H19ClP.ClH/c25-23-18-10-11-19-24(23)26(20-12-4-1-5-13-20,21-14-6-2-7-15-21)22-16-8-3-9-17-22;/h1-19H;1H/q+1;/p-1. The molecule has 134 valence electrons. The first-order valence-corrected chi connectivity index (χ1v) is 10.8. The zero-order chi connectivity index (χ0) is 17.8. The summed E-state index contributed by atoms with van der Waals surface area (Å²) < 4.78 is 0. The molecule has 4 aromatic carbocycles. The van der Waals surface area contributed by atoms with E-state index < -0.39 is 7.26 Å². The van der Waals surface area contributed by atoms with E-state index in [0.717, 1.165) is 5.02 Å². The Balaban J connectivity index is 0.00000210. The van der Waals surface area contributed by atoms with Crippen molar-refractivity contribution in [3.8, 4) is 0 Å². The Labute approximate surface area is 172 Å². The lowest BCUT2D eigenvalue weighted by Crippen LogP contribution is -3.00. The molecule has 0 radical (unpaired) electrons. The Hall–Kier alpha value is -2.11. The number of hydrogen-bond donors (Lipinski definition) is 0. The van der Waals surface area contributed by atoms with Gasteiger partial charge in [0.2, 0.25) is 0 Å². The fourth-order valence-electron chi connectivity index (χ4n) is 3.54. The van der Waals surface area contributed by atoms with Gasteiger partial charge in [0.1, 0.15) is 28.5 Å². The predicted molar refractivity (Wildman–Crippen MR) is 116 cm³/mol. The number of benzene rings is 4. The summed E-state index contributed by atoms with van der Waals surface area (Å²) in [6.07, 6.45) is 0. The Bertz CT molecular complexity index is 890. The van der Waals surface area contributed by atoms with Gasteiger partial charge in [-0.2, -0.15) is 0 Å². The third kappa shape index (κ3) is 3.54. The maximum atomic E-state index is 6.79. The molecule has 0 aliphatic rings. The summed E-state index contributed by atoms with van der Waals surface area (Å²) in [5.74, 6) is 0. The topological polar surface area (TPSA) is 0 Å². The van der Waals surface area contributed by atoms with Gasteiger partial charge in [0.15, 0.2) is 0 Å². The minimum Gasteiger partial charge on any atom is -1.00 e. The highest BCUT2D eigenvalue weighted by Gasteiger charge is 2.48. The smallest absolute Gasteiger partial charge is 0.145 e. The number of hydrogen-bond acceptors (Lipinski definition) is 0. The van der Waals surface area contributed by atoms with Crippen LogP contribution in [0.5, 0.6) is 0 Å². The molecule has 0 aliphatic heterocycles. The molecule has 27 heavy (non-hydrogen) atoms. The average Bonchev–Trinajstić information content (AvgIpc) is 2.72. The van der Waals surface area contributed by atoms with E-state index in [9.17, 15) is 0 Å². The van der Waals surface area contributed by atoms with Crippen LogP contribution in [0.4, 0.5) is 0 Å². The zero-order valence-electron chi connectivity index (χ0n) is 14.7. The van der Waals surface area contributed by atoms with E-state index in [-0.39, 0.29) is 12.4 Å². The molecular weight excluding hydrogens is 390 g/mol. The van der Waals surface area contributed by atoms with E-state index in [2.05, 4.69) is 103 Å². The molecule has 0 atom stereocenters. The molecule has 0 amide bonds. The monoisotopic (exact) mass is 408 g/mol. The Morgan fingerprint density at radius 3 is 1.15 bits per heavy atom. The van der Waals surface area contributed by atoms with Gasteiger partial charge in [0.25, 0.3) is 0 Å². The summed E-state index contributed by atoms with van der Waals surface area (Å²) in [4.78, 5) is 0. The van der Waals surface area contributed by atoms with E-state index in [4.69, 9.17) is 11.6 Å². The van der Waals surface area contributed by atoms with Crippen LogP contribution in [0.25, 0.3) is 0 Å². The van der Waals surface area contributed by atoms with Gasteiger partial charge in [-0.25, -0.2) is 0 Å². The fraction of sp³-hybridized carbons (Fsp3) is 0. The summed E-state index contributed by atoms with van der Waals surface area (Å²) in [5.41, 5.74) is 0. The first-order chi connectivity index (χ1) is 12.8. The molecule has 0 aromatic heterocycles. The van der Waals surface area contributed by atoms with Gasteiger partial charge in [-0.3, -0.25) is 0 Å². The lowest BCUT2D eigenvalue weighted by atomic mass is 10.3. The van der Waals surface area contributed by atoms with Gasteiger partial charge in [-0.1, -0.05) is 78.3 Å². The van der Waals surface area contributed by atoms with Crippen LogP contribution >= 0.6 is 18.9 Å². The van der Waals surface area contributed by atoms with E-state index in [0.29, 0.717) is 0 Å². The van der Waals surface area contributed by atoms with Crippen molar-refractivity contribution in [1.29, 1.82) is 0 Å². The van der Waals surface area contributed by atoms with Crippen LogP contribution in [0.2, 0.25) is 5.02 Å². The minimum absolute atomic E-state index is 0. The largest absolute Gasteiger partial charge is 1.00 e. The summed E-state index contributed by atoms with van der Waals surface area (Å²) in [6.45, 7) is 0. The lowest BCUT2D eigenvalue weighted by Gasteiger charge is -2.28. The van der Waals surface area contributed by atoms with Gasteiger partial charge in [0, 0.05) is 0 Å². The highest BCUT2D eigenvalue weighted by Crippen LogP contribution is 2.55. The molecule has 0 spiro atoms. The first kappa shape index (κ1) is 19.6. The minimum atomic E-state index is -2.08. The quantitative estimate of drug-likeness (QED) is 0.453. The Kier molecular flexibility index (Phi) is 6.34. The normalized spacial score (nSPS) is 10.9. The van der Waals surface area contributed by atoms with Crippen LogP contribution in [0.3, 0.4) is 0 Å².